The molecule has 2 aromatic carbocycles. The topological polar surface area (TPSA) is 85.4 Å². The molecule has 0 spiro atoms. The Balaban J connectivity index is 1.69. The summed E-state index contributed by atoms with van der Waals surface area (Å²) in [5, 5.41) is 0. The minimum atomic E-state index is -3.70. The third-order valence-electron chi connectivity index (χ3n) is 4.93. The number of sulfonamides is 1. The summed E-state index contributed by atoms with van der Waals surface area (Å²) < 4.78 is 67.0. The molecule has 174 valence electrons. The highest BCUT2D eigenvalue weighted by atomic mass is 32.2. The lowest BCUT2D eigenvalue weighted by Gasteiger charge is -2.34. The quantitative estimate of drug-likeness (QED) is 0.590. The van der Waals surface area contributed by atoms with E-state index < -0.39 is 16.6 Å². The highest BCUT2D eigenvalue weighted by Crippen LogP contribution is 2.30. The zero-order valence-corrected chi connectivity index (χ0v) is 18.5. The first-order valence-corrected chi connectivity index (χ1v) is 11.4. The number of carbonyl (C=O) groups excluding carboxylic acids is 1. The highest BCUT2D eigenvalue weighted by molar-refractivity contribution is 7.89. The van der Waals surface area contributed by atoms with Crippen molar-refractivity contribution in [2.24, 2.45) is 0 Å². The molecular formula is C21H24F2N2O6S. The molecular weight excluding hydrogens is 446 g/mol. The molecule has 1 heterocycles. The molecule has 3 rings (SSSR count). The Hall–Kier alpha value is -2.92. The summed E-state index contributed by atoms with van der Waals surface area (Å²) in [6.07, 6.45) is 0. The van der Waals surface area contributed by atoms with Crippen LogP contribution >= 0.6 is 0 Å². The largest absolute Gasteiger partial charge is 0.497 e. The number of piperazine rings is 1. The second-order valence-corrected chi connectivity index (χ2v) is 8.78. The number of benzene rings is 2. The summed E-state index contributed by atoms with van der Waals surface area (Å²) in [6.45, 7) is -0.490. The second kappa shape index (κ2) is 10.1. The van der Waals surface area contributed by atoms with Crippen LogP contribution in [0.4, 0.5) is 8.78 Å². The van der Waals surface area contributed by atoms with Gasteiger partial charge >= 0.3 is 6.61 Å². The Morgan fingerprint density at radius 1 is 1.03 bits per heavy atom. The number of hydrogen-bond acceptors (Lipinski definition) is 6. The van der Waals surface area contributed by atoms with Crippen LogP contribution in [0.25, 0.3) is 0 Å². The van der Waals surface area contributed by atoms with Crippen LogP contribution in [-0.2, 0) is 10.0 Å². The van der Waals surface area contributed by atoms with Crippen LogP contribution in [0.3, 0.4) is 0 Å². The summed E-state index contributed by atoms with van der Waals surface area (Å²) >= 11 is 0. The van der Waals surface area contributed by atoms with E-state index in [9.17, 15) is 22.0 Å². The van der Waals surface area contributed by atoms with E-state index in [-0.39, 0.29) is 60.7 Å². The number of nitrogens with zero attached hydrogens (tertiary/aromatic N) is 2. The van der Waals surface area contributed by atoms with Gasteiger partial charge in [0.1, 0.15) is 5.75 Å². The van der Waals surface area contributed by atoms with Crippen LogP contribution in [0, 0.1) is 0 Å². The van der Waals surface area contributed by atoms with Gasteiger partial charge in [0.05, 0.1) is 18.6 Å². The van der Waals surface area contributed by atoms with E-state index in [0.717, 1.165) is 0 Å². The summed E-state index contributed by atoms with van der Waals surface area (Å²) in [5.74, 6) is 0.0833. The molecule has 0 unspecified atom stereocenters. The lowest BCUT2D eigenvalue weighted by Crippen LogP contribution is -2.50. The molecule has 0 aromatic heterocycles. The molecule has 0 aliphatic carbocycles. The van der Waals surface area contributed by atoms with Gasteiger partial charge in [0.2, 0.25) is 10.0 Å². The normalized spacial score (nSPS) is 15.0. The maximum atomic E-state index is 12.9. The van der Waals surface area contributed by atoms with E-state index in [2.05, 4.69) is 4.74 Å². The number of hydrogen-bond donors (Lipinski definition) is 0. The van der Waals surface area contributed by atoms with Gasteiger partial charge in [0, 0.05) is 31.7 Å². The van der Waals surface area contributed by atoms with Gasteiger partial charge in [-0.05, 0) is 49.4 Å². The predicted octanol–water partition coefficient (Wildman–Crippen LogP) is 2.84. The Bertz CT molecular complexity index is 1040. The lowest BCUT2D eigenvalue weighted by molar-refractivity contribution is -0.0514. The number of amides is 1. The lowest BCUT2D eigenvalue weighted by atomic mass is 10.1. The smallest absolute Gasteiger partial charge is 0.387 e. The van der Waals surface area contributed by atoms with Gasteiger partial charge in [-0.25, -0.2) is 8.42 Å². The monoisotopic (exact) mass is 470 g/mol. The van der Waals surface area contributed by atoms with E-state index in [0.29, 0.717) is 5.75 Å². The van der Waals surface area contributed by atoms with Crippen LogP contribution in [0.2, 0.25) is 0 Å². The molecule has 0 N–H and O–H groups in total. The average molecular weight is 470 g/mol. The van der Waals surface area contributed by atoms with Gasteiger partial charge in [0.25, 0.3) is 5.91 Å². The minimum absolute atomic E-state index is 0.0411. The van der Waals surface area contributed by atoms with Crippen molar-refractivity contribution in [3.63, 3.8) is 0 Å². The molecule has 8 nitrogen and oxygen atoms in total. The van der Waals surface area contributed by atoms with Crippen molar-refractivity contribution in [3.05, 3.63) is 48.0 Å². The van der Waals surface area contributed by atoms with Gasteiger partial charge < -0.3 is 19.1 Å². The van der Waals surface area contributed by atoms with E-state index in [1.165, 1.54) is 46.6 Å². The fourth-order valence-electron chi connectivity index (χ4n) is 3.31. The van der Waals surface area contributed by atoms with Crippen molar-refractivity contribution in [1.29, 1.82) is 0 Å². The van der Waals surface area contributed by atoms with E-state index in [4.69, 9.17) is 9.47 Å². The molecule has 0 saturated carbocycles. The van der Waals surface area contributed by atoms with Crippen molar-refractivity contribution in [3.8, 4) is 17.2 Å². The zero-order chi connectivity index (χ0) is 23.3. The maximum Gasteiger partial charge on any atom is 0.387 e. The number of carbonyl (C=O) groups is 1. The van der Waals surface area contributed by atoms with Gasteiger partial charge in [0.15, 0.2) is 11.5 Å². The molecule has 0 bridgehead atoms. The van der Waals surface area contributed by atoms with Gasteiger partial charge in [-0.15, -0.1) is 0 Å². The maximum absolute atomic E-state index is 12.9. The first-order valence-electron chi connectivity index (χ1n) is 9.91. The average Bonchev–Trinajstić information content (AvgIpc) is 2.79. The van der Waals surface area contributed by atoms with Crippen molar-refractivity contribution >= 4 is 15.9 Å². The van der Waals surface area contributed by atoms with Crippen molar-refractivity contribution < 1.29 is 36.2 Å². The Morgan fingerprint density at radius 2 is 1.69 bits per heavy atom. The molecule has 0 radical (unpaired) electrons. The molecule has 1 fully saturated rings. The van der Waals surface area contributed by atoms with Crippen LogP contribution < -0.4 is 14.2 Å². The van der Waals surface area contributed by atoms with Gasteiger partial charge in [-0.2, -0.15) is 13.1 Å². The standard InChI is InChI=1S/C21H24F2N2O6S/c1-3-30-19-14-15(4-9-18(19)31-21(22)23)20(26)24-10-12-25(13-11-24)32(27,28)17-7-5-16(29-2)6-8-17/h4-9,14,21H,3,10-13H2,1-2H3. The molecule has 1 aliphatic heterocycles. The second-order valence-electron chi connectivity index (χ2n) is 6.84. The first-order chi connectivity index (χ1) is 15.3. The van der Waals surface area contributed by atoms with Crippen LogP contribution in [-0.4, -0.2) is 70.0 Å². The summed E-state index contributed by atoms with van der Waals surface area (Å²) in [4.78, 5) is 14.5. The van der Waals surface area contributed by atoms with Crippen LogP contribution in [0.5, 0.6) is 17.2 Å². The summed E-state index contributed by atoms with van der Waals surface area (Å²) in [5.41, 5.74) is 0.238. The molecule has 2 aromatic rings. The zero-order valence-electron chi connectivity index (χ0n) is 17.7. The molecule has 11 heteroatoms. The summed E-state index contributed by atoms with van der Waals surface area (Å²) in [7, 11) is -2.20. The van der Waals surface area contributed by atoms with Crippen molar-refractivity contribution in [2.75, 3.05) is 39.9 Å². The molecule has 32 heavy (non-hydrogen) atoms. The van der Waals surface area contributed by atoms with Gasteiger partial charge in [-0.3, -0.25) is 4.79 Å². The van der Waals surface area contributed by atoms with E-state index >= 15 is 0 Å². The number of ether oxygens (including phenoxy) is 3. The highest BCUT2D eigenvalue weighted by Gasteiger charge is 2.30. The Kier molecular flexibility index (Phi) is 7.52. The van der Waals surface area contributed by atoms with E-state index in [1.807, 2.05) is 0 Å². The fourth-order valence-corrected chi connectivity index (χ4v) is 4.74. The minimum Gasteiger partial charge on any atom is -0.497 e. The number of methoxy groups -OCH3 is 1. The molecule has 1 amide bonds. The molecule has 1 aliphatic rings. The fraction of sp³-hybridized carbons (Fsp3) is 0.381. The van der Waals surface area contributed by atoms with Crippen LogP contribution in [0.15, 0.2) is 47.4 Å². The third kappa shape index (κ3) is 5.28. The van der Waals surface area contributed by atoms with Crippen molar-refractivity contribution in [1.82, 2.24) is 9.21 Å². The van der Waals surface area contributed by atoms with Crippen molar-refractivity contribution in [2.45, 2.75) is 18.4 Å². The van der Waals surface area contributed by atoms with Gasteiger partial charge in [-0.1, -0.05) is 0 Å². The number of rotatable bonds is 8. The van der Waals surface area contributed by atoms with Crippen LogP contribution in [0.1, 0.15) is 17.3 Å². The third-order valence-corrected chi connectivity index (χ3v) is 6.84. The Labute approximate surface area is 185 Å². The molecule has 0 atom stereocenters. The summed E-state index contributed by atoms with van der Waals surface area (Å²) in [6, 6.07) is 10.1. The predicted molar refractivity (Wildman–Crippen MR) is 112 cm³/mol. The SMILES string of the molecule is CCOc1cc(C(=O)N2CCN(S(=O)(=O)c3ccc(OC)cc3)CC2)ccc1OC(F)F. The molecule has 1 saturated heterocycles. The Morgan fingerprint density at radius 3 is 2.25 bits per heavy atom. The van der Waals surface area contributed by atoms with E-state index in [1.54, 1.807) is 19.1 Å². The first kappa shape index (κ1) is 23.7. The number of halogens is 2. The number of alkyl halides is 2.